The van der Waals surface area contributed by atoms with Gasteiger partial charge in [0.25, 0.3) is 16.1 Å². The first-order valence-electron chi connectivity index (χ1n) is 8.77. The second-order valence-electron chi connectivity index (χ2n) is 6.51. The lowest BCUT2D eigenvalue weighted by atomic mass is 9.98. The predicted octanol–water partition coefficient (Wildman–Crippen LogP) is 1.66. The number of carbonyl (C=O) groups excluding carboxylic acids is 1. The highest BCUT2D eigenvalue weighted by Gasteiger charge is 2.26. The second kappa shape index (κ2) is 8.63. The van der Waals surface area contributed by atoms with Gasteiger partial charge < -0.3 is 10.1 Å². The van der Waals surface area contributed by atoms with Gasteiger partial charge in [0.1, 0.15) is 17.1 Å². The third-order valence-corrected chi connectivity index (χ3v) is 5.61. The third kappa shape index (κ3) is 5.24. The van der Waals surface area contributed by atoms with Crippen molar-refractivity contribution in [1.29, 1.82) is 0 Å². The van der Waals surface area contributed by atoms with Crippen molar-refractivity contribution in [3.63, 3.8) is 0 Å². The maximum atomic E-state index is 13.0. The van der Waals surface area contributed by atoms with Gasteiger partial charge in [0, 0.05) is 25.8 Å². The number of hydrogen-bond acceptors (Lipinski definition) is 5. The summed E-state index contributed by atoms with van der Waals surface area (Å²) in [6.07, 6.45) is 2.73. The summed E-state index contributed by atoms with van der Waals surface area (Å²) in [7, 11) is -3.66. The first-order chi connectivity index (χ1) is 13.3. The Hall–Kier alpha value is -2.56. The summed E-state index contributed by atoms with van der Waals surface area (Å²) >= 11 is 0. The SMILES string of the molecule is NS(=O)(=O)N1CCC(CNC(=O)c2cccnc2Oc2ccc(F)cc2)CC1. The molecule has 1 amide bonds. The minimum absolute atomic E-state index is 0.121. The zero-order chi connectivity index (χ0) is 20.1. The van der Waals surface area contributed by atoms with Gasteiger partial charge in [0.15, 0.2) is 0 Å². The van der Waals surface area contributed by atoms with E-state index in [0.717, 1.165) is 0 Å². The minimum atomic E-state index is -3.66. The summed E-state index contributed by atoms with van der Waals surface area (Å²) < 4.78 is 42.5. The van der Waals surface area contributed by atoms with Crippen LogP contribution in [0.3, 0.4) is 0 Å². The zero-order valence-electron chi connectivity index (χ0n) is 15.0. The van der Waals surface area contributed by atoms with Crippen molar-refractivity contribution >= 4 is 16.1 Å². The Kier molecular flexibility index (Phi) is 6.22. The highest BCUT2D eigenvalue weighted by atomic mass is 32.2. The number of aromatic nitrogens is 1. The van der Waals surface area contributed by atoms with Gasteiger partial charge in [-0.05, 0) is 55.2 Å². The fraction of sp³-hybridized carbons (Fsp3) is 0.333. The number of nitrogens with zero attached hydrogens (tertiary/aromatic N) is 2. The van der Waals surface area contributed by atoms with Crippen LogP contribution in [0.25, 0.3) is 0 Å². The van der Waals surface area contributed by atoms with E-state index in [9.17, 15) is 17.6 Å². The van der Waals surface area contributed by atoms with E-state index in [1.165, 1.54) is 34.8 Å². The fourth-order valence-electron chi connectivity index (χ4n) is 2.96. The van der Waals surface area contributed by atoms with E-state index in [-0.39, 0.29) is 29.1 Å². The van der Waals surface area contributed by atoms with Gasteiger partial charge in [-0.25, -0.2) is 14.5 Å². The van der Waals surface area contributed by atoms with Crippen molar-refractivity contribution in [2.75, 3.05) is 19.6 Å². The molecule has 1 aromatic heterocycles. The lowest BCUT2D eigenvalue weighted by molar-refractivity contribution is 0.0938. The van der Waals surface area contributed by atoms with Crippen LogP contribution in [0, 0.1) is 11.7 Å². The summed E-state index contributed by atoms with van der Waals surface area (Å²) in [6.45, 7) is 1.08. The molecule has 2 heterocycles. The average Bonchev–Trinajstić information content (AvgIpc) is 2.68. The molecule has 1 aliphatic heterocycles. The van der Waals surface area contributed by atoms with Crippen LogP contribution in [0.4, 0.5) is 4.39 Å². The Morgan fingerprint density at radius 1 is 1.25 bits per heavy atom. The number of rotatable bonds is 6. The highest BCUT2D eigenvalue weighted by molar-refractivity contribution is 7.86. The van der Waals surface area contributed by atoms with E-state index >= 15 is 0 Å². The number of pyridine rings is 1. The van der Waals surface area contributed by atoms with Crippen molar-refractivity contribution in [2.45, 2.75) is 12.8 Å². The Morgan fingerprint density at radius 2 is 1.93 bits per heavy atom. The number of nitrogens with one attached hydrogen (secondary N) is 1. The molecule has 3 N–H and O–H groups in total. The third-order valence-electron chi connectivity index (χ3n) is 4.53. The van der Waals surface area contributed by atoms with Crippen molar-refractivity contribution in [2.24, 2.45) is 11.1 Å². The summed E-state index contributed by atoms with van der Waals surface area (Å²) in [4.78, 5) is 16.6. The largest absolute Gasteiger partial charge is 0.438 e. The van der Waals surface area contributed by atoms with Crippen molar-refractivity contribution < 1.29 is 22.3 Å². The molecule has 10 heteroatoms. The molecule has 0 unspecified atom stereocenters. The number of nitrogens with two attached hydrogens (primary N) is 1. The average molecular weight is 408 g/mol. The Morgan fingerprint density at radius 3 is 2.57 bits per heavy atom. The van der Waals surface area contributed by atoms with Gasteiger partial charge in [-0.15, -0.1) is 0 Å². The highest BCUT2D eigenvalue weighted by Crippen LogP contribution is 2.23. The standard InChI is InChI=1S/C18H21FN4O4S/c19-14-3-5-15(6-4-14)27-18-16(2-1-9-21-18)17(24)22-12-13-7-10-23(11-8-13)28(20,25)26/h1-6,9,13H,7-8,10-12H2,(H,22,24)(H2,20,25,26). The Balaban J connectivity index is 1.58. The molecule has 2 aromatic rings. The molecule has 1 saturated heterocycles. The van der Waals surface area contributed by atoms with E-state index in [1.807, 2.05) is 0 Å². The number of amides is 1. The molecule has 0 spiro atoms. The molecule has 0 atom stereocenters. The smallest absolute Gasteiger partial charge is 0.276 e. The van der Waals surface area contributed by atoms with Crippen molar-refractivity contribution in [3.05, 3.63) is 54.0 Å². The maximum Gasteiger partial charge on any atom is 0.276 e. The Labute approximate surface area is 162 Å². The topological polar surface area (TPSA) is 115 Å². The molecule has 150 valence electrons. The summed E-state index contributed by atoms with van der Waals surface area (Å²) in [5, 5.41) is 7.97. The first kappa shape index (κ1) is 20.2. The van der Waals surface area contributed by atoms with Crippen LogP contribution in [-0.2, 0) is 10.2 Å². The number of hydrogen-bond donors (Lipinski definition) is 2. The molecule has 0 aliphatic carbocycles. The van der Waals surface area contributed by atoms with Gasteiger partial charge in [-0.2, -0.15) is 12.7 Å². The van der Waals surface area contributed by atoms with Crippen LogP contribution in [0.15, 0.2) is 42.6 Å². The fourth-order valence-corrected chi connectivity index (χ4v) is 3.68. The van der Waals surface area contributed by atoms with Gasteiger partial charge in [0.05, 0.1) is 0 Å². The Bertz CT molecular complexity index is 929. The lowest BCUT2D eigenvalue weighted by Gasteiger charge is -2.29. The van der Waals surface area contributed by atoms with E-state index in [2.05, 4.69) is 10.3 Å². The van der Waals surface area contributed by atoms with E-state index in [0.29, 0.717) is 38.2 Å². The molecule has 0 radical (unpaired) electrons. The maximum absolute atomic E-state index is 13.0. The van der Waals surface area contributed by atoms with Crippen molar-refractivity contribution in [3.8, 4) is 11.6 Å². The quantitative estimate of drug-likeness (QED) is 0.754. The predicted molar refractivity (Wildman–Crippen MR) is 100 cm³/mol. The molecule has 8 nitrogen and oxygen atoms in total. The van der Waals surface area contributed by atoms with Gasteiger partial charge in [0.2, 0.25) is 5.88 Å². The minimum Gasteiger partial charge on any atom is -0.438 e. The van der Waals surface area contributed by atoms with Crippen molar-refractivity contribution in [1.82, 2.24) is 14.6 Å². The van der Waals surface area contributed by atoms with Crippen LogP contribution in [0.5, 0.6) is 11.6 Å². The number of ether oxygens (including phenoxy) is 1. The summed E-state index contributed by atoms with van der Waals surface area (Å²) in [5.74, 6) is -0.0980. The lowest BCUT2D eigenvalue weighted by Crippen LogP contribution is -2.44. The number of halogens is 1. The number of benzene rings is 1. The van der Waals surface area contributed by atoms with E-state index in [4.69, 9.17) is 9.88 Å². The van der Waals surface area contributed by atoms with Gasteiger partial charge in [-0.1, -0.05) is 0 Å². The first-order valence-corrected chi connectivity index (χ1v) is 10.3. The van der Waals surface area contributed by atoms with E-state index in [1.54, 1.807) is 12.1 Å². The monoisotopic (exact) mass is 408 g/mol. The van der Waals surface area contributed by atoms with E-state index < -0.39 is 10.2 Å². The molecule has 1 aliphatic rings. The van der Waals surface area contributed by atoms with Crippen LogP contribution in [0.2, 0.25) is 0 Å². The molecule has 28 heavy (non-hydrogen) atoms. The zero-order valence-corrected chi connectivity index (χ0v) is 15.9. The molecule has 0 bridgehead atoms. The van der Waals surface area contributed by atoms with Gasteiger partial charge in [-0.3, -0.25) is 4.79 Å². The molecular weight excluding hydrogens is 387 g/mol. The van der Waals surface area contributed by atoms with Crippen LogP contribution in [-0.4, -0.2) is 43.2 Å². The number of piperidine rings is 1. The molecule has 1 aromatic carbocycles. The molecule has 0 saturated carbocycles. The summed E-state index contributed by atoms with van der Waals surface area (Å²) in [6, 6.07) is 8.62. The normalized spacial score (nSPS) is 15.9. The molecule has 1 fully saturated rings. The second-order valence-corrected chi connectivity index (χ2v) is 8.06. The molecular formula is C18H21FN4O4S. The van der Waals surface area contributed by atoms with Crippen LogP contribution >= 0.6 is 0 Å². The molecule has 3 rings (SSSR count). The number of carbonyl (C=O) groups is 1. The summed E-state index contributed by atoms with van der Waals surface area (Å²) in [5.41, 5.74) is 0.258. The van der Waals surface area contributed by atoms with Gasteiger partial charge >= 0.3 is 0 Å². The van der Waals surface area contributed by atoms with Crippen LogP contribution in [0.1, 0.15) is 23.2 Å². The van der Waals surface area contributed by atoms with Crippen LogP contribution < -0.4 is 15.2 Å².